The highest BCUT2D eigenvalue weighted by atomic mass is 16.5. The molecular weight excluding hydrogens is 268 g/mol. The molecule has 0 unspecified atom stereocenters. The zero-order valence-electron chi connectivity index (χ0n) is 12.6. The molecule has 2 fully saturated rings. The van der Waals surface area contributed by atoms with Crippen LogP contribution in [-0.2, 0) is 4.79 Å². The van der Waals surface area contributed by atoms with Crippen LogP contribution in [0.5, 0.6) is 17.2 Å². The van der Waals surface area contributed by atoms with Gasteiger partial charge in [0.25, 0.3) is 0 Å². The number of carbonyl (C=O) groups excluding carboxylic acids is 1. The Kier molecular flexibility index (Phi) is 3.62. The molecule has 1 aromatic rings. The van der Waals surface area contributed by atoms with Gasteiger partial charge < -0.3 is 14.2 Å². The Morgan fingerprint density at radius 1 is 1.00 bits per heavy atom. The van der Waals surface area contributed by atoms with E-state index in [1.807, 2.05) is 18.2 Å². The molecule has 4 heteroatoms. The summed E-state index contributed by atoms with van der Waals surface area (Å²) in [5.74, 6) is 2.80. The molecule has 2 aliphatic rings. The van der Waals surface area contributed by atoms with Crippen molar-refractivity contribution in [2.45, 2.75) is 19.3 Å². The van der Waals surface area contributed by atoms with Crippen LogP contribution in [0, 0.1) is 11.8 Å². The number of hydrogen-bond acceptors (Lipinski definition) is 4. The van der Waals surface area contributed by atoms with Gasteiger partial charge in [0.2, 0.25) is 5.75 Å². The second-order valence-corrected chi connectivity index (χ2v) is 5.63. The Bertz CT molecular complexity index is 578. The van der Waals surface area contributed by atoms with Gasteiger partial charge >= 0.3 is 0 Å². The monoisotopic (exact) mass is 288 g/mol. The van der Waals surface area contributed by atoms with Crippen LogP contribution in [0.25, 0.3) is 6.08 Å². The van der Waals surface area contributed by atoms with Crippen LogP contribution in [-0.4, -0.2) is 27.1 Å². The minimum Gasteiger partial charge on any atom is -0.493 e. The maximum absolute atomic E-state index is 12.2. The summed E-state index contributed by atoms with van der Waals surface area (Å²) in [5, 5.41) is 0. The summed E-state index contributed by atoms with van der Waals surface area (Å²) < 4.78 is 16.0. The highest BCUT2D eigenvalue weighted by molar-refractivity contribution is 6.04. The predicted molar refractivity (Wildman–Crippen MR) is 79.9 cm³/mol. The number of fused-ring (bicyclic) bond motifs is 2. The largest absolute Gasteiger partial charge is 0.493 e. The van der Waals surface area contributed by atoms with Gasteiger partial charge in [0, 0.05) is 5.92 Å². The molecule has 2 atom stereocenters. The lowest BCUT2D eigenvalue weighted by molar-refractivity contribution is -0.118. The lowest BCUT2D eigenvalue weighted by Gasteiger charge is -2.15. The SMILES string of the molecule is COc1cc(/C=C2/C(=O)[C@H]3CC[C@@H]2C3)cc(OC)c1OC. The summed E-state index contributed by atoms with van der Waals surface area (Å²) in [6, 6.07) is 3.77. The third-order valence-electron chi connectivity index (χ3n) is 4.54. The lowest BCUT2D eigenvalue weighted by atomic mass is 9.92. The number of benzene rings is 1. The Hall–Kier alpha value is -1.97. The van der Waals surface area contributed by atoms with Crippen LogP contribution in [0.3, 0.4) is 0 Å². The third kappa shape index (κ3) is 2.28. The molecule has 0 N–H and O–H groups in total. The molecule has 2 bridgehead atoms. The minimum absolute atomic E-state index is 0.253. The van der Waals surface area contributed by atoms with Crippen LogP contribution >= 0.6 is 0 Å². The molecule has 1 aromatic carbocycles. The van der Waals surface area contributed by atoms with Gasteiger partial charge in [-0.3, -0.25) is 4.79 Å². The molecule has 3 rings (SSSR count). The second-order valence-electron chi connectivity index (χ2n) is 5.63. The zero-order chi connectivity index (χ0) is 15.0. The number of rotatable bonds is 4. The van der Waals surface area contributed by atoms with Crippen LogP contribution in [0.4, 0.5) is 0 Å². The zero-order valence-corrected chi connectivity index (χ0v) is 12.6. The van der Waals surface area contributed by atoms with Gasteiger partial charge in [0.1, 0.15) is 0 Å². The average Bonchev–Trinajstić information content (AvgIpc) is 3.09. The summed E-state index contributed by atoms with van der Waals surface area (Å²) in [5.41, 5.74) is 1.88. The first kappa shape index (κ1) is 14.0. The second kappa shape index (κ2) is 5.43. The summed E-state index contributed by atoms with van der Waals surface area (Å²) in [4.78, 5) is 12.2. The molecule has 2 saturated carbocycles. The highest BCUT2D eigenvalue weighted by Gasteiger charge is 2.42. The van der Waals surface area contributed by atoms with Crippen LogP contribution in [0.2, 0.25) is 0 Å². The molecular formula is C17H20O4. The first-order valence-electron chi connectivity index (χ1n) is 7.23. The Morgan fingerprint density at radius 3 is 2.10 bits per heavy atom. The number of Topliss-reactive ketones (excluding diaryl/α,β-unsaturated/α-hetero) is 1. The van der Waals surface area contributed by atoms with E-state index in [0.717, 1.165) is 30.4 Å². The molecule has 0 aromatic heterocycles. The van der Waals surface area contributed by atoms with Gasteiger partial charge in [-0.2, -0.15) is 0 Å². The quantitative estimate of drug-likeness (QED) is 0.799. The highest BCUT2D eigenvalue weighted by Crippen LogP contribution is 2.47. The number of carbonyl (C=O) groups is 1. The topological polar surface area (TPSA) is 44.8 Å². The fourth-order valence-corrected chi connectivity index (χ4v) is 3.49. The average molecular weight is 288 g/mol. The van der Waals surface area contributed by atoms with Crippen molar-refractivity contribution in [2.24, 2.45) is 11.8 Å². The first-order valence-corrected chi connectivity index (χ1v) is 7.23. The maximum Gasteiger partial charge on any atom is 0.203 e. The molecule has 112 valence electrons. The molecule has 0 radical (unpaired) electrons. The Balaban J connectivity index is 2.01. The van der Waals surface area contributed by atoms with Gasteiger partial charge in [0.05, 0.1) is 21.3 Å². The van der Waals surface area contributed by atoms with E-state index in [0.29, 0.717) is 28.9 Å². The Labute approximate surface area is 124 Å². The molecule has 0 spiro atoms. The van der Waals surface area contributed by atoms with Crippen molar-refractivity contribution < 1.29 is 19.0 Å². The number of hydrogen-bond donors (Lipinski definition) is 0. The third-order valence-corrected chi connectivity index (χ3v) is 4.54. The van der Waals surface area contributed by atoms with E-state index < -0.39 is 0 Å². The van der Waals surface area contributed by atoms with E-state index in [9.17, 15) is 4.79 Å². The molecule has 2 aliphatic carbocycles. The fourth-order valence-electron chi connectivity index (χ4n) is 3.49. The summed E-state index contributed by atoms with van der Waals surface area (Å²) in [6.07, 6.45) is 5.19. The van der Waals surface area contributed by atoms with Gasteiger partial charge in [-0.1, -0.05) is 0 Å². The van der Waals surface area contributed by atoms with E-state index in [4.69, 9.17) is 14.2 Å². The van der Waals surface area contributed by atoms with Crippen molar-refractivity contribution in [1.29, 1.82) is 0 Å². The maximum atomic E-state index is 12.2. The number of ether oxygens (including phenoxy) is 3. The van der Waals surface area contributed by atoms with E-state index in [1.54, 1.807) is 21.3 Å². The summed E-state index contributed by atoms with van der Waals surface area (Å²) in [7, 11) is 4.77. The number of methoxy groups -OCH3 is 3. The van der Waals surface area contributed by atoms with Crippen molar-refractivity contribution in [3.63, 3.8) is 0 Å². The lowest BCUT2D eigenvalue weighted by Crippen LogP contribution is -2.11. The van der Waals surface area contributed by atoms with Gasteiger partial charge in [-0.05, 0) is 54.5 Å². The van der Waals surface area contributed by atoms with Gasteiger partial charge in [-0.25, -0.2) is 0 Å². The van der Waals surface area contributed by atoms with Crippen LogP contribution < -0.4 is 14.2 Å². The normalized spacial score (nSPS) is 25.5. The first-order chi connectivity index (χ1) is 10.2. The standard InChI is InChI=1S/C17H20O4/c1-19-14-7-10(8-15(20-2)17(14)21-3)6-13-11-4-5-12(9-11)16(13)18/h6-8,11-12H,4-5,9H2,1-3H3/b13-6+/t11-,12+/m1/s1. The molecule has 4 nitrogen and oxygen atoms in total. The van der Waals surface area contributed by atoms with E-state index in [1.165, 1.54) is 0 Å². The number of ketones is 1. The van der Waals surface area contributed by atoms with Crippen molar-refractivity contribution in [2.75, 3.05) is 21.3 Å². The van der Waals surface area contributed by atoms with Crippen LogP contribution in [0.1, 0.15) is 24.8 Å². The fraction of sp³-hybridized carbons (Fsp3) is 0.471. The van der Waals surface area contributed by atoms with Crippen LogP contribution in [0.15, 0.2) is 17.7 Å². The van der Waals surface area contributed by atoms with Crippen molar-refractivity contribution in [3.05, 3.63) is 23.3 Å². The van der Waals surface area contributed by atoms with Crippen molar-refractivity contribution >= 4 is 11.9 Å². The minimum atomic E-state index is 0.253. The van der Waals surface area contributed by atoms with Gasteiger partial charge in [0.15, 0.2) is 17.3 Å². The predicted octanol–water partition coefficient (Wildman–Crippen LogP) is 3.09. The molecule has 21 heavy (non-hydrogen) atoms. The van der Waals surface area contributed by atoms with E-state index >= 15 is 0 Å². The van der Waals surface area contributed by atoms with E-state index in [2.05, 4.69) is 0 Å². The van der Waals surface area contributed by atoms with Gasteiger partial charge in [-0.15, -0.1) is 0 Å². The number of allylic oxidation sites excluding steroid dienone is 1. The van der Waals surface area contributed by atoms with E-state index in [-0.39, 0.29) is 5.92 Å². The summed E-state index contributed by atoms with van der Waals surface area (Å²) >= 11 is 0. The van der Waals surface area contributed by atoms with Crippen molar-refractivity contribution in [3.8, 4) is 17.2 Å². The molecule has 0 aliphatic heterocycles. The molecule has 0 heterocycles. The van der Waals surface area contributed by atoms with Crippen molar-refractivity contribution in [1.82, 2.24) is 0 Å². The Morgan fingerprint density at radius 2 is 1.62 bits per heavy atom. The molecule has 0 amide bonds. The summed E-state index contributed by atoms with van der Waals surface area (Å²) in [6.45, 7) is 0. The molecule has 0 saturated heterocycles. The smallest absolute Gasteiger partial charge is 0.203 e.